The summed E-state index contributed by atoms with van der Waals surface area (Å²) in [6.07, 6.45) is 47.3. The van der Waals surface area contributed by atoms with Gasteiger partial charge in [-0.3, -0.25) is 33.8 Å². The second kappa shape index (κ2) is 42.9. The highest BCUT2D eigenvalue weighted by Gasteiger charge is 2.20. The Morgan fingerprint density at radius 3 is 1.20 bits per heavy atom. The number of hydrogen-bond acceptors (Lipinski definition) is 8. The first-order valence-electron chi connectivity index (χ1n) is 23.7. The van der Waals surface area contributed by atoms with E-state index in [1.807, 2.05) is 0 Å². The molecular formula is C49H85N3O9. The number of amides is 1. The molecule has 0 rings (SSSR count). The first-order valence-corrected chi connectivity index (χ1v) is 23.7. The van der Waals surface area contributed by atoms with Gasteiger partial charge >= 0.3 is 23.9 Å². The van der Waals surface area contributed by atoms with Crippen LogP contribution in [0.3, 0.4) is 0 Å². The van der Waals surface area contributed by atoms with E-state index in [9.17, 15) is 29.1 Å². The van der Waals surface area contributed by atoms with Gasteiger partial charge < -0.3 is 25.4 Å². The lowest BCUT2D eigenvalue weighted by atomic mass is 10.0. The highest BCUT2D eigenvalue weighted by molar-refractivity contribution is 5.83. The lowest BCUT2D eigenvalue weighted by Crippen LogP contribution is -2.46. The van der Waals surface area contributed by atoms with Crippen LogP contribution in [0.25, 0.3) is 0 Å². The average molecular weight is 860 g/mol. The number of carboxylic acids is 3. The minimum absolute atomic E-state index is 0.0604. The van der Waals surface area contributed by atoms with Crippen LogP contribution in [0.4, 0.5) is 0 Å². The molecule has 0 aliphatic rings. The molecule has 0 fully saturated rings. The van der Waals surface area contributed by atoms with Gasteiger partial charge in [0.1, 0.15) is 12.6 Å². The van der Waals surface area contributed by atoms with Crippen LogP contribution in [0, 0.1) is 0 Å². The third-order valence-electron chi connectivity index (χ3n) is 10.4. The molecule has 0 aromatic rings. The number of unbranched alkanes of at least 4 members (excludes halogenated alkanes) is 18. The summed E-state index contributed by atoms with van der Waals surface area (Å²) in [4.78, 5) is 61.7. The smallest absolute Gasteiger partial charge is 0.325 e. The van der Waals surface area contributed by atoms with Crippen molar-refractivity contribution in [3.8, 4) is 0 Å². The van der Waals surface area contributed by atoms with E-state index in [1.165, 1.54) is 94.8 Å². The molecule has 0 spiro atoms. The summed E-state index contributed by atoms with van der Waals surface area (Å²) in [5.74, 6) is -4.79. The summed E-state index contributed by atoms with van der Waals surface area (Å²) in [5, 5.41) is 30.0. The Labute approximate surface area is 369 Å². The third-order valence-corrected chi connectivity index (χ3v) is 10.4. The van der Waals surface area contributed by atoms with E-state index in [1.54, 1.807) is 0 Å². The van der Waals surface area contributed by atoms with Crippen LogP contribution in [0.2, 0.25) is 0 Å². The topological polar surface area (TPSA) is 174 Å². The van der Waals surface area contributed by atoms with E-state index in [2.05, 4.69) is 67.8 Å². The fourth-order valence-corrected chi connectivity index (χ4v) is 6.92. The van der Waals surface area contributed by atoms with Gasteiger partial charge in [0.15, 0.2) is 0 Å². The van der Waals surface area contributed by atoms with Crippen molar-refractivity contribution in [2.24, 2.45) is 0 Å². The highest BCUT2D eigenvalue weighted by Crippen LogP contribution is 2.18. The molecule has 0 bridgehead atoms. The predicted molar refractivity (Wildman–Crippen MR) is 247 cm³/mol. The van der Waals surface area contributed by atoms with E-state index < -0.39 is 49.4 Å². The van der Waals surface area contributed by atoms with Gasteiger partial charge in [0.05, 0.1) is 26.2 Å². The number of rotatable bonds is 44. The van der Waals surface area contributed by atoms with Crippen molar-refractivity contribution < 1.29 is 44.0 Å². The van der Waals surface area contributed by atoms with Gasteiger partial charge in [0.2, 0.25) is 5.91 Å². The van der Waals surface area contributed by atoms with Crippen LogP contribution in [0.1, 0.15) is 181 Å². The molecule has 0 aromatic heterocycles. The molecule has 0 radical (unpaired) electrons. The summed E-state index contributed by atoms with van der Waals surface area (Å²) in [5.41, 5.74) is 0. The fourth-order valence-electron chi connectivity index (χ4n) is 6.92. The third kappa shape index (κ3) is 42.7. The van der Waals surface area contributed by atoms with Crippen LogP contribution in [0.15, 0.2) is 48.6 Å². The number of carboxylic acid groups (broad SMARTS) is 3. The molecule has 0 saturated heterocycles. The summed E-state index contributed by atoms with van der Waals surface area (Å²) in [6, 6.07) is 0. The van der Waals surface area contributed by atoms with E-state index in [4.69, 9.17) is 14.9 Å². The molecule has 4 N–H and O–H groups in total. The molecular weight excluding hydrogens is 775 g/mol. The van der Waals surface area contributed by atoms with E-state index in [0.29, 0.717) is 0 Å². The standard InChI is InChI=1S/C49H85N3O9/c1-3-5-7-9-11-13-15-17-19-21-23-25-27-29-31-33-35-44(36-34-32-30-28-26-24-22-20-18-16-14-12-10-8-6-4-2)61-49(60)39-50-45(53)40-51(41-46(54)55)37-38-52(42-47(56)57)43-48(58)59/h11-14,17-20,44H,3-10,15-16,21-43H2,1-2H3,(H,50,53)(H,54,55)(H,56,57)(H,58,59)/b13-11-,14-12-,19-17-,20-18-. The van der Waals surface area contributed by atoms with Crippen molar-refractivity contribution in [2.75, 3.05) is 45.8 Å². The molecule has 0 aromatic carbocycles. The van der Waals surface area contributed by atoms with Gasteiger partial charge in [-0.2, -0.15) is 0 Å². The van der Waals surface area contributed by atoms with Crippen molar-refractivity contribution in [3.05, 3.63) is 48.6 Å². The van der Waals surface area contributed by atoms with Crippen LogP contribution >= 0.6 is 0 Å². The van der Waals surface area contributed by atoms with Crippen molar-refractivity contribution in [1.29, 1.82) is 0 Å². The molecule has 1 amide bonds. The number of nitrogens with zero attached hydrogens (tertiary/aromatic N) is 2. The molecule has 0 heterocycles. The normalized spacial score (nSPS) is 12.0. The maximum absolute atomic E-state index is 12.9. The predicted octanol–water partition coefficient (Wildman–Crippen LogP) is 10.3. The number of esters is 1. The molecule has 0 saturated carbocycles. The summed E-state index contributed by atoms with van der Waals surface area (Å²) < 4.78 is 5.87. The average Bonchev–Trinajstić information content (AvgIpc) is 3.20. The second-order valence-electron chi connectivity index (χ2n) is 16.2. The van der Waals surface area contributed by atoms with Gasteiger partial charge in [-0.1, -0.05) is 140 Å². The Morgan fingerprint density at radius 1 is 0.475 bits per heavy atom. The fraction of sp³-hybridized carbons (Fsp3) is 0.735. The van der Waals surface area contributed by atoms with E-state index in [0.717, 1.165) is 81.9 Å². The van der Waals surface area contributed by atoms with Gasteiger partial charge in [0.25, 0.3) is 0 Å². The summed E-state index contributed by atoms with van der Waals surface area (Å²) in [7, 11) is 0. The maximum Gasteiger partial charge on any atom is 0.325 e. The van der Waals surface area contributed by atoms with Crippen molar-refractivity contribution in [1.82, 2.24) is 15.1 Å². The molecule has 61 heavy (non-hydrogen) atoms. The SMILES string of the molecule is CCCCC/C=C\C/C=C\CCCCCCCCC(CCCCCCCC/C=C\C/C=C\CCCCC)OC(=O)CNC(=O)CN(CCN(CC(=O)O)CC(=O)O)CC(=O)O. The van der Waals surface area contributed by atoms with Crippen molar-refractivity contribution in [3.63, 3.8) is 0 Å². The van der Waals surface area contributed by atoms with E-state index >= 15 is 0 Å². The number of hydrogen-bond donors (Lipinski definition) is 4. The van der Waals surface area contributed by atoms with Crippen LogP contribution in [-0.2, 0) is 28.7 Å². The monoisotopic (exact) mass is 860 g/mol. The zero-order chi connectivity index (χ0) is 45.0. The Kier molecular flexibility index (Phi) is 40.2. The Hall–Kier alpha value is -3.77. The molecule has 0 aliphatic carbocycles. The number of carbonyl (C=O) groups excluding carboxylic acids is 2. The number of ether oxygens (including phenoxy) is 1. The summed E-state index contributed by atoms with van der Waals surface area (Å²) >= 11 is 0. The number of carbonyl (C=O) groups is 5. The van der Waals surface area contributed by atoms with Crippen LogP contribution < -0.4 is 5.32 Å². The van der Waals surface area contributed by atoms with E-state index in [-0.39, 0.29) is 32.3 Å². The zero-order valence-corrected chi connectivity index (χ0v) is 38.2. The van der Waals surface area contributed by atoms with Crippen molar-refractivity contribution >= 4 is 29.8 Å². The molecule has 0 atom stereocenters. The van der Waals surface area contributed by atoms with Crippen LogP contribution in [0.5, 0.6) is 0 Å². The largest absolute Gasteiger partial charge is 0.480 e. The van der Waals surface area contributed by atoms with Crippen LogP contribution in [-0.4, -0.2) is 107 Å². The Morgan fingerprint density at radius 2 is 0.820 bits per heavy atom. The first-order chi connectivity index (χ1) is 29.6. The number of aliphatic carboxylic acids is 3. The van der Waals surface area contributed by atoms with Crippen molar-refractivity contribution in [2.45, 2.75) is 187 Å². The quantitative estimate of drug-likeness (QED) is 0.0261. The summed E-state index contributed by atoms with van der Waals surface area (Å²) in [6.45, 7) is 1.99. The minimum atomic E-state index is -1.22. The van der Waals surface area contributed by atoms with Gasteiger partial charge in [-0.25, -0.2) is 0 Å². The molecule has 0 unspecified atom stereocenters. The molecule has 0 aliphatic heterocycles. The van der Waals surface area contributed by atoms with Gasteiger partial charge in [-0.05, 0) is 89.9 Å². The molecule has 12 nitrogen and oxygen atoms in total. The number of allylic oxidation sites excluding steroid dienone is 8. The minimum Gasteiger partial charge on any atom is -0.480 e. The van der Waals surface area contributed by atoms with Gasteiger partial charge in [0, 0.05) is 13.1 Å². The van der Waals surface area contributed by atoms with Gasteiger partial charge in [-0.15, -0.1) is 0 Å². The molecule has 350 valence electrons. The second-order valence-corrected chi connectivity index (χ2v) is 16.2. The first kappa shape index (κ1) is 57.2. The lowest BCUT2D eigenvalue weighted by Gasteiger charge is -2.24. The Balaban J connectivity index is 4.79. The molecule has 12 heteroatoms. The maximum atomic E-state index is 12.9. The Bertz CT molecular complexity index is 1190. The highest BCUT2D eigenvalue weighted by atomic mass is 16.5. The lowest BCUT2D eigenvalue weighted by molar-refractivity contribution is -0.150. The zero-order valence-electron chi connectivity index (χ0n) is 38.2. The number of nitrogens with one attached hydrogen (secondary N) is 1.